The zero-order valence-corrected chi connectivity index (χ0v) is 19.9. The fourth-order valence-corrected chi connectivity index (χ4v) is 4.45. The van der Waals surface area contributed by atoms with Crippen molar-refractivity contribution in [3.8, 4) is 11.1 Å². The topological polar surface area (TPSA) is 105 Å². The number of hydrogen-bond donors (Lipinski definition) is 3. The summed E-state index contributed by atoms with van der Waals surface area (Å²) < 4.78 is 5.63. The molecule has 182 valence electrons. The second kappa shape index (κ2) is 12.2. The molecule has 1 unspecified atom stereocenters. The molecule has 2 aromatic carbocycles. The summed E-state index contributed by atoms with van der Waals surface area (Å²) in [5.41, 5.74) is 4.63. The van der Waals surface area contributed by atoms with Crippen molar-refractivity contribution in [3.05, 3.63) is 59.7 Å². The number of benzene rings is 2. The van der Waals surface area contributed by atoms with Gasteiger partial charge in [-0.2, -0.15) is 0 Å². The van der Waals surface area contributed by atoms with Crippen molar-refractivity contribution < 1.29 is 24.2 Å². The summed E-state index contributed by atoms with van der Waals surface area (Å²) in [6.07, 6.45) is 2.43. The summed E-state index contributed by atoms with van der Waals surface area (Å²) in [4.78, 5) is 35.8. The molecule has 34 heavy (non-hydrogen) atoms. The van der Waals surface area contributed by atoms with Gasteiger partial charge in [-0.15, -0.1) is 0 Å². The highest BCUT2D eigenvalue weighted by molar-refractivity contribution is 5.79. The van der Waals surface area contributed by atoms with E-state index in [4.69, 9.17) is 9.84 Å². The van der Waals surface area contributed by atoms with Gasteiger partial charge in [0.1, 0.15) is 6.61 Å². The van der Waals surface area contributed by atoms with Crippen molar-refractivity contribution in [2.75, 3.05) is 6.61 Å². The third-order valence-corrected chi connectivity index (χ3v) is 6.20. The lowest BCUT2D eigenvalue weighted by Crippen LogP contribution is -2.41. The van der Waals surface area contributed by atoms with Crippen molar-refractivity contribution in [1.29, 1.82) is 0 Å². The van der Waals surface area contributed by atoms with Crippen LogP contribution >= 0.6 is 0 Å². The standard InChI is InChI=1S/C27H34N2O5/c1-3-4-9-19(16-25(30)28-18(2)14-15-26(31)32)29-27(33)34-17-24-22-12-7-5-10-20(22)21-11-6-8-13-23(21)24/h5-8,10-13,18-19,24H,3-4,9,14-17H2,1-2H3,(H,28,30)(H,29,33)(H,31,32)/t18?,19-/m0/s1. The number of aliphatic carboxylic acids is 1. The zero-order chi connectivity index (χ0) is 24.5. The van der Waals surface area contributed by atoms with Crippen LogP contribution in [0.4, 0.5) is 4.79 Å². The van der Waals surface area contributed by atoms with Gasteiger partial charge in [-0.05, 0) is 42.0 Å². The molecule has 0 spiro atoms. The Labute approximate surface area is 200 Å². The molecule has 1 aliphatic carbocycles. The number of carbonyl (C=O) groups excluding carboxylic acids is 2. The van der Waals surface area contributed by atoms with Gasteiger partial charge >= 0.3 is 12.1 Å². The monoisotopic (exact) mass is 466 g/mol. The number of amides is 2. The van der Waals surface area contributed by atoms with Crippen LogP contribution in [0.1, 0.15) is 69.4 Å². The van der Waals surface area contributed by atoms with E-state index in [0.717, 1.165) is 24.0 Å². The highest BCUT2D eigenvalue weighted by Gasteiger charge is 2.29. The Hall–Kier alpha value is -3.35. The Bertz CT molecular complexity index is 961. The molecule has 2 aromatic rings. The SMILES string of the molecule is CCCC[C@@H](CC(=O)NC(C)CCC(=O)O)NC(=O)OCC1c2ccccc2-c2ccccc21. The summed E-state index contributed by atoms with van der Waals surface area (Å²) in [7, 11) is 0. The number of nitrogens with one attached hydrogen (secondary N) is 2. The van der Waals surface area contributed by atoms with Crippen LogP contribution in [0, 0.1) is 0 Å². The minimum Gasteiger partial charge on any atom is -0.481 e. The number of ether oxygens (including phenoxy) is 1. The van der Waals surface area contributed by atoms with Gasteiger partial charge in [0.2, 0.25) is 5.91 Å². The van der Waals surface area contributed by atoms with Gasteiger partial charge in [-0.25, -0.2) is 4.79 Å². The van der Waals surface area contributed by atoms with Crippen LogP contribution in [-0.4, -0.2) is 41.8 Å². The first-order chi connectivity index (χ1) is 16.4. The van der Waals surface area contributed by atoms with E-state index >= 15 is 0 Å². The number of carbonyl (C=O) groups is 3. The molecule has 3 N–H and O–H groups in total. The first-order valence-electron chi connectivity index (χ1n) is 12.0. The van der Waals surface area contributed by atoms with Gasteiger partial charge in [0.25, 0.3) is 0 Å². The molecule has 0 aliphatic heterocycles. The second-order valence-electron chi connectivity index (χ2n) is 8.91. The Morgan fingerprint density at radius 2 is 1.59 bits per heavy atom. The van der Waals surface area contributed by atoms with Gasteiger partial charge in [0.05, 0.1) is 0 Å². The lowest BCUT2D eigenvalue weighted by Gasteiger charge is -2.21. The maximum absolute atomic E-state index is 12.6. The number of carboxylic acids is 1. The Morgan fingerprint density at radius 1 is 0.971 bits per heavy atom. The van der Waals surface area contributed by atoms with Crippen LogP contribution < -0.4 is 10.6 Å². The Kier molecular flexibility index (Phi) is 9.08. The molecule has 2 amide bonds. The molecule has 0 heterocycles. The number of unbranched alkanes of at least 4 members (excludes halogenated alkanes) is 1. The number of alkyl carbamates (subject to hydrolysis) is 1. The largest absolute Gasteiger partial charge is 0.481 e. The summed E-state index contributed by atoms with van der Waals surface area (Å²) in [6, 6.07) is 15.7. The zero-order valence-electron chi connectivity index (χ0n) is 19.9. The van der Waals surface area contributed by atoms with Crippen LogP contribution in [-0.2, 0) is 14.3 Å². The van der Waals surface area contributed by atoms with Gasteiger partial charge in [0.15, 0.2) is 0 Å². The summed E-state index contributed by atoms with van der Waals surface area (Å²) in [6.45, 7) is 4.05. The second-order valence-corrected chi connectivity index (χ2v) is 8.91. The molecule has 0 radical (unpaired) electrons. The number of carboxylic acid groups (broad SMARTS) is 1. The molecule has 0 bridgehead atoms. The molecule has 7 heteroatoms. The fourth-order valence-electron chi connectivity index (χ4n) is 4.45. The third-order valence-electron chi connectivity index (χ3n) is 6.20. The maximum atomic E-state index is 12.6. The van der Waals surface area contributed by atoms with E-state index in [1.54, 1.807) is 6.92 Å². The molecule has 0 aromatic heterocycles. The number of hydrogen-bond acceptors (Lipinski definition) is 4. The molecule has 0 saturated heterocycles. The van der Waals surface area contributed by atoms with Crippen LogP contribution in [0.5, 0.6) is 0 Å². The normalized spacial score (nSPS) is 13.9. The van der Waals surface area contributed by atoms with Crippen molar-refractivity contribution in [2.24, 2.45) is 0 Å². The van der Waals surface area contributed by atoms with E-state index in [0.29, 0.717) is 12.8 Å². The predicted molar refractivity (Wildman–Crippen MR) is 131 cm³/mol. The number of fused-ring (bicyclic) bond motifs is 3. The first kappa shape index (κ1) is 25.3. The van der Waals surface area contributed by atoms with E-state index in [9.17, 15) is 14.4 Å². The molecule has 0 fully saturated rings. The van der Waals surface area contributed by atoms with Crippen LogP contribution in [0.3, 0.4) is 0 Å². The third kappa shape index (κ3) is 6.83. The molecular formula is C27H34N2O5. The van der Waals surface area contributed by atoms with Crippen molar-refractivity contribution >= 4 is 18.0 Å². The number of rotatable bonds is 12. The summed E-state index contributed by atoms with van der Waals surface area (Å²) >= 11 is 0. The van der Waals surface area contributed by atoms with Crippen molar-refractivity contribution in [1.82, 2.24) is 10.6 Å². The predicted octanol–water partition coefficient (Wildman–Crippen LogP) is 4.84. The quantitative estimate of drug-likeness (QED) is 0.415. The van der Waals surface area contributed by atoms with Gasteiger partial charge < -0.3 is 20.5 Å². The van der Waals surface area contributed by atoms with Gasteiger partial charge in [-0.3, -0.25) is 9.59 Å². The summed E-state index contributed by atoms with van der Waals surface area (Å²) in [5, 5.41) is 14.5. The van der Waals surface area contributed by atoms with Gasteiger partial charge in [0, 0.05) is 30.8 Å². The molecule has 3 rings (SSSR count). The van der Waals surface area contributed by atoms with E-state index < -0.39 is 12.1 Å². The molecule has 2 atom stereocenters. The minimum atomic E-state index is -0.890. The highest BCUT2D eigenvalue weighted by atomic mass is 16.5. The van der Waals surface area contributed by atoms with E-state index in [-0.39, 0.29) is 43.4 Å². The lowest BCUT2D eigenvalue weighted by atomic mass is 9.98. The van der Waals surface area contributed by atoms with Crippen molar-refractivity contribution in [2.45, 2.75) is 70.4 Å². The fraction of sp³-hybridized carbons (Fsp3) is 0.444. The van der Waals surface area contributed by atoms with E-state index in [1.807, 2.05) is 24.3 Å². The average molecular weight is 467 g/mol. The van der Waals surface area contributed by atoms with Crippen LogP contribution in [0.25, 0.3) is 11.1 Å². The molecule has 7 nitrogen and oxygen atoms in total. The Morgan fingerprint density at radius 3 is 2.18 bits per heavy atom. The Balaban J connectivity index is 1.56. The highest BCUT2D eigenvalue weighted by Crippen LogP contribution is 2.44. The summed E-state index contributed by atoms with van der Waals surface area (Å²) in [5.74, 6) is -1.12. The van der Waals surface area contributed by atoms with Crippen LogP contribution in [0.15, 0.2) is 48.5 Å². The smallest absolute Gasteiger partial charge is 0.407 e. The van der Waals surface area contributed by atoms with E-state index in [2.05, 4.69) is 41.8 Å². The average Bonchev–Trinajstić information content (AvgIpc) is 3.13. The van der Waals surface area contributed by atoms with E-state index in [1.165, 1.54) is 11.1 Å². The van der Waals surface area contributed by atoms with Crippen LogP contribution in [0.2, 0.25) is 0 Å². The lowest BCUT2D eigenvalue weighted by molar-refractivity contribution is -0.137. The maximum Gasteiger partial charge on any atom is 0.407 e. The van der Waals surface area contributed by atoms with Gasteiger partial charge in [-0.1, -0.05) is 68.3 Å². The first-order valence-corrected chi connectivity index (χ1v) is 12.0. The minimum absolute atomic E-state index is 0.00128. The molecular weight excluding hydrogens is 432 g/mol. The molecule has 1 aliphatic rings. The molecule has 0 saturated carbocycles. The van der Waals surface area contributed by atoms with Crippen molar-refractivity contribution in [3.63, 3.8) is 0 Å².